The van der Waals surface area contributed by atoms with Gasteiger partial charge < -0.3 is 14.0 Å². The average molecular weight is 378 g/mol. The van der Waals surface area contributed by atoms with Crippen LogP contribution >= 0.6 is 11.3 Å². The van der Waals surface area contributed by atoms with E-state index in [-0.39, 0.29) is 0 Å². The minimum Gasteiger partial charge on any atom is -0.361 e. The molecule has 0 N–H and O–H groups in total. The maximum Gasteiger partial charge on any atom is 0.141 e. The molecule has 0 amide bonds. The molecule has 1 aliphatic heterocycles. The van der Waals surface area contributed by atoms with Crippen molar-refractivity contribution in [1.82, 2.24) is 14.6 Å². The van der Waals surface area contributed by atoms with Crippen molar-refractivity contribution in [3.8, 4) is 16.8 Å². The first-order valence-corrected chi connectivity index (χ1v) is 10.3. The molecule has 0 unspecified atom stereocenters. The Bertz CT molecular complexity index is 1140. The van der Waals surface area contributed by atoms with Crippen molar-refractivity contribution in [3.05, 3.63) is 57.2 Å². The van der Waals surface area contributed by atoms with Gasteiger partial charge in [-0.2, -0.15) is 0 Å². The Morgan fingerprint density at radius 2 is 2.00 bits per heavy atom. The highest BCUT2D eigenvalue weighted by molar-refractivity contribution is 7.08. The third-order valence-electron chi connectivity index (χ3n) is 5.68. The van der Waals surface area contributed by atoms with E-state index >= 15 is 0 Å². The van der Waals surface area contributed by atoms with E-state index in [1.807, 2.05) is 13.8 Å². The normalized spacial score (nSPS) is 14.8. The molecule has 27 heavy (non-hydrogen) atoms. The second kappa shape index (κ2) is 6.08. The van der Waals surface area contributed by atoms with Crippen molar-refractivity contribution < 1.29 is 4.52 Å². The van der Waals surface area contributed by atoms with E-state index in [4.69, 9.17) is 4.52 Å². The summed E-state index contributed by atoms with van der Waals surface area (Å²) in [6.45, 7) is 8.29. The van der Waals surface area contributed by atoms with Crippen molar-refractivity contribution in [3.63, 3.8) is 0 Å². The van der Waals surface area contributed by atoms with Crippen LogP contribution in [0.3, 0.4) is 0 Å². The molecule has 3 aromatic heterocycles. The van der Waals surface area contributed by atoms with Gasteiger partial charge >= 0.3 is 0 Å². The fourth-order valence-corrected chi connectivity index (χ4v) is 5.20. The molecule has 0 spiro atoms. The van der Waals surface area contributed by atoms with Crippen LogP contribution in [0.5, 0.6) is 0 Å². The van der Waals surface area contributed by atoms with Gasteiger partial charge in [0, 0.05) is 46.9 Å². The molecule has 4 nitrogen and oxygen atoms in total. The number of likely N-dealkylation sites (N-methyl/N-ethyl adjacent to an activating group) is 1. The second-order valence-electron chi connectivity index (χ2n) is 7.64. The SMILES string of the molecule is Cc1ccc2c(c1)c1c(n2-c2cscc2-c2c(C)noc2C)CCN(C)C1. The van der Waals surface area contributed by atoms with Crippen LogP contribution in [0.2, 0.25) is 0 Å². The first kappa shape index (κ1) is 16.8. The summed E-state index contributed by atoms with van der Waals surface area (Å²) in [5, 5.41) is 10.0. The molecular formula is C22H23N3OS. The quantitative estimate of drug-likeness (QED) is 0.478. The highest BCUT2D eigenvalue weighted by atomic mass is 32.1. The molecule has 4 heterocycles. The number of aromatic nitrogens is 2. The van der Waals surface area contributed by atoms with Gasteiger partial charge in [0.2, 0.25) is 0 Å². The Morgan fingerprint density at radius 3 is 2.78 bits per heavy atom. The van der Waals surface area contributed by atoms with Crippen LogP contribution in [-0.2, 0) is 13.0 Å². The topological polar surface area (TPSA) is 34.2 Å². The van der Waals surface area contributed by atoms with Crippen molar-refractivity contribution in [1.29, 1.82) is 0 Å². The van der Waals surface area contributed by atoms with Gasteiger partial charge in [-0.1, -0.05) is 16.8 Å². The van der Waals surface area contributed by atoms with Crippen molar-refractivity contribution in [2.75, 3.05) is 13.6 Å². The van der Waals surface area contributed by atoms with Crippen LogP contribution < -0.4 is 0 Å². The highest BCUT2D eigenvalue weighted by Gasteiger charge is 2.26. The van der Waals surface area contributed by atoms with Crippen LogP contribution in [0.25, 0.3) is 27.7 Å². The third-order valence-corrected chi connectivity index (χ3v) is 6.41. The van der Waals surface area contributed by atoms with Crippen LogP contribution in [0.1, 0.15) is 28.3 Å². The number of benzene rings is 1. The smallest absolute Gasteiger partial charge is 0.141 e. The Labute approximate surface area is 163 Å². The maximum absolute atomic E-state index is 5.46. The number of thiophene rings is 1. The van der Waals surface area contributed by atoms with Gasteiger partial charge in [-0.3, -0.25) is 0 Å². The van der Waals surface area contributed by atoms with Crippen molar-refractivity contribution in [2.45, 2.75) is 33.7 Å². The Hall–Kier alpha value is -2.37. The van der Waals surface area contributed by atoms with Gasteiger partial charge in [0.15, 0.2) is 0 Å². The molecule has 0 saturated carbocycles. The summed E-state index contributed by atoms with van der Waals surface area (Å²) in [6.07, 6.45) is 1.07. The lowest BCUT2D eigenvalue weighted by molar-refractivity contribution is 0.311. The molecule has 5 heteroatoms. The molecule has 138 valence electrons. The van der Waals surface area contributed by atoms with Crippen molar-refractivity contribution >= 4 is 22.2 Å². The van der Waals surface area contributed by atoms with E-state index in [2.05, 4.69) is 57.6 Å². The number of nitrogens with zero attached hydrogens (tertiary/aromatic N) is 3. The molecule has 0 bridgehead atoms. The lowest BCUT2D eigenvalue weighted by atomic mass is 10.0. The van der Waals surface area contributed by atoms with E-state index in [0.717, 1.165) is 36.5 Å². The zero-order valence-electron chi connectivity index (χ0n) is 16.2. The summed E-state index contributed by atoms with van der Waals surface area (Å²) in [6, 6.07) is 6.83. The van der Waals surface area contributed by atoms with E-state index in [1.165, 1.54) is 39.0 Å². The summed E-state index contributed by atoms with van der Waals surface area (Å²) < 4.78 is 7.94. The lowest BCUT2D eigenvalue weighted by Gasteiger charge is -2.24. The van der Waals surface area contributed by atoms with Gasteiger partial charge in [0.05, 0.1) is 22.5 Å². The van der Waals surface area contributed by atoms with Gasteiger partial charge in [0.25, 0.3) is 0 Å². The van der Waals surface area contributed by atoms with Gasteiger partial charge in [-0.25, -0.2) is 0 Å². The molecule has 1 aromatic carbocycles. The standard InChI is InChI=1S/C22H23N3OS/c1-13-5-6-19-16(9-13)17-10-24(4)8-7-20(17)25(19)21-12-27-11-18(21)22-14(2)23-26-15(22)3/h5-6,9,11-12H,7-8,10H2,1-4H3. The third kappa shape index (κ3) is 2.49. The summed E-state index contributed by atoms with van der Waals surface area (Å²) in [5.74, 6) is 0.882. The molecule has 0 radical (unpaired) electrons. The molecule has 5 rings (SSSR count). The predicted octanol–water partition coefficient (Wildman–Crippen LogP) is 5.26. The zero-order chi connectivity index (χ0) is 18.7. The van der Waals surface area contributed by atoms with Crippen molar-refractivity contribution in [2.24, 2.45) is 0 Å². The fourth-order valence-electron chi connectivity index (χ4n) is 4.40. The summed E-state index contributed by atoms with van der Waals surface area (Å²) >= 11 is 1.74. The van der Waals surface area contributed by atoms with Gasteiger partial charge in [-0.05, 0) is 45.5 Å². The molecule has 0 saturated heterocycles. The average Bonchev–Trinajstić information content (AvgIpc) is 3.31. The molecule has 1 aliphatic rings. The van der Waals surface area contributed by atoms with E-state index in [1.54, 1.807) is 11.3 Å². The Kier molecular flexibility index (Phi) is 3.78. The van der Waals surface area contributed by atoms with Crippen LogP contribution in [-0.4, -0.2) is 28.2 Å². The maximum atomic E-state index is 5.46. The molecule has 0 atom stereocenters. The van der Waals surface area contributed by atoms with Crippen LogP contribution in [0.4, 0.5) is 0 Å². The minimum absolute atomic E-state index is 0.882. The number of fused-ring (bicyclic) bond motifs is 3. The van der Waals surface area contributed by atoms with Crippen LogP contribution in [0.15, 0.2) is 33.5 Å². The first-order valence-electron chi connectivity index (χ1n) is 9.35. The largest absolute Gasteiger partial charge is 0.361 e. The first-order chi connectivity index (χ1) is 13.0. The number of hydrogen-bond acceptors (Lipinski definition) is 4. The monoisotopic (exact) mass is 377 g/mol. The molecule has 0 fully saturated rings. The van der Waals surface area contributed by atoms with E-state index < -0.39 is 0 Å². The van der Waals surface area contributed by atoms with Gasteiger partial charge in [-0.15, -0.1) is 11.3 Å². The fraction of sp³-hybridized carbons (Fsp3) is 0.318. The Balaban J connectivity index is 1.82. The molecular weight excluding hydrogens is 354 g/mol. The summed E-state index contributed by atoms with van der Waals surface area (Å²) in [4.78, 5) is 2.41. The zero-order valence-corrected chi connectivity index (χ0v) is 17.0. The Morgan fingerprint density at radius 1 is 1.15 bits per heavy atom. The summed E-state index contributed by atoms with van der Waals surface area (Å²) in [7, 11) is 2.21. The van der Waals surface area contributed by atoms with Crippen LogP contribution in [0, 0.1) is 20.8 Å². The van der Waals surface area contributed by atoms with Gasteiger partial charge in [0.1, 0.15) is 5.76 Å². The number of aryl methyl sites for hydroxylation is 3. The van der Waals surface area contributed by atoms with E-state index in [9.17, 15) is 0 Å². The second-order valence-corrected chi connectivity index (χ2v) is 8.38. The lowest BCUT2D eigenvalue weighted by Crippen LogP contribution is -2.27. The predicted molar refractivity (Wildman–Crippen MR) is 111 cm³/mol. The minimum atomic E-state index is 0.882. The summed E-state index contributed by atoms with van der Waals surface area (Å²) in [5.41, 5.74) is 10.1. The molecule has 0 aliphatic carbocycles. The highest BCUT2D eigenvalue weighted by Crippen LogP contribution is 2.40. The van der Waals surface area contributed by atoms with E-state index in [0.29, 0.717) is 0 Å². The number of hydrogen-bond donors (Lipinski definition) is 0. The molecule has 4 aromatic rings. The number of rotatable bonds is 2.